The monoisotopic (exact) mass is 259 g/mol. The maximum absolute atomic E-state index is 12.4. The minimum Gasteiger partial charge on any atom is -0.480 e. The molecule has 1 saturated heterocycles. The van der Waals surface area contributed by atoms with Crippen molar-refractivity contribution in [2.75, 3.05) is 20.2 Å². The van der Waals surface area contributed by atoms with E-state index >= 15 is 0 Å². The highest BCUT2D eigenvalue weighted by molar-refractivity contribution is 5.92. The van der Waals surface area contributed by atoms with Crippen molar-refractivity contribution in [3.05, 3.63) is 30.0 Å². The summed E-state index contributed by atoms with van der Waals surface area (Å²) in [5, 5.41) is 7.78. The molecule has 5 heteroatoms. The highest BCUT2D eigenvalue weighted by Crippen LogP contribution is 2.33. The fraction of sp³-hybridized carbons (Fsp3) is 0.500. The second-order valence-corrected chi connectivity index (χ2v) is 5.13. The number of aromatic nitrogens is 2. The molecule has 2 unspecified atom stereocenters. The summed E-state index contributed by atoms with van der Waals surface area (Å²) in [6.07, 6.45) is 6.62. The van der Waals surface area contributed by atoms with Crippen LogP contribution in [0.25, 0.3) is 0 Å². The molecule has 1 amide bonds. The first kappa shape index (κ1) is 12.1. The molecule has 2 atom stereocenters. The Bertz CT molecular complexity index is 482. The molecular formula is C14H17N3O2. The van der Waals surface area contributed by atoms with Crippen LogP contribution in [0.3, 0.4) is 0 Å². The summed E-state index contributed by atoms with van der Waals surface area (Å²) in [6.45, 7) is 1.67. The van der Waals surface area contributed by atoms with E-state index in [0.717, 1.165) is 25.9 Å². The largest absolute Gasteiger partial charge is 0.480 e. The smallest absolute Gasteiger partial charge is 0.274 e. The molecule has 1 aromatic rings. The number of allylic oxidation sites excluding steroid dienone is 2. The van der Waals surface area contributed by atoms with E-state index in [4.69, 9.17) is 4.74 Å². The van der Waals surface area contributed by atoms with Gasteiger partial charge in [0.25, 0.3) is 5.91 Å². The van der Waals surface area contributed by atoms with Crippen LogP contribution in [-0.2, 0) is 0 Å². The highest BCUT2D eigenvalue weighted by atomic mass is 16.5. The van der Waals surface area contributed by atoms with Crippen molar-refractivity contribution in [2.24, 2.45) is 11.8 Å². The Labute approximate surface area is 112 Å². The first-order chi connectivity index (χ1) is 9.28. The van der Waals surface area contributed by atoms with Gasteiger partial charge in [-0.3, -0.25) is 4.79 Å². The third-order valence-corrected chi connectivity index (χ3v) is 3.98. The van der Waals surface area contributed by atoms with Crippen LogP contribution in [0.1, 0.15) is 23.3 Å². The summed E-state index contributed by atoms with van der Waals surface area (Å²) in [6, 6.07) is 3.35. The molecule has 0 radical (unpaired) electrons. The van der Waals surface area contributed by atoms with E-state index in [2.05, 4.69) is 22.3 Å². The maximum Gasteiger partial charge on any atom is 0.274 e. The van der Waals surface area contributed by atoms with Gasteiger partial charge in [0.15, 0.2) is 5.69 Å². The third-order valence-electron chi connectivity index (χ3n) is 3.98. The molecule has 3 rings (SSSR count). The second kappa shape index (κ2) is 4.99. The molecule has 1 aliphatic heterocycles. The molecule has 1 aromatic heterocycles. The van der Waals surface area contributed by atoms with Crippen LogP contribution in [-0.4, -0.2) is 41.2 Å². The lowest BCUT2D eigenvalue weighted by Crippen LogP contribution is -2.29. The Morgan fingerprint density at radius 1 is 1.21 bits per heavy atom. The average Bonchev–Trinajstić information content (AvgIpc) is 2.90. The van der Waals surface area contributed by atoms with E-state index in [1.165, 1.54) is 7.11 Å². The van der Waals surface area contributed by atoms with Gasteiger partial charge in [-0.25, -0.2) is 0 Å². The van der Waals surface area contributed by atoms with Gasteiger partial charge in [-0.15, -0.1) is 10.2 Å². The minimum absolute atomic E-state index is 0.0236. The van der Waals surface area contributed by atoms with Crippen LogP contribution in [0.2, 0.25) is 0 Å². The zero-order valence-electron chi connectivity index (χ0n) is 11.0. The number of hydrogen-bond acceptors (Lipinski definition) is 4. The van der Waals surface area contributed by atoms with E-state index in [9.17, 15) is 4.79 Å². The lowest BCUT2D eigenvalue weighted by atomic mass is 9.86. The molecular weight excluding hydrogens is 242 g/mol. The lowest BCUT2D eigenvalue weighted by molar-refractivity contribution is 0.0777. The van der Waals surface area contributed by atoms with Crippen molar-refractivity contribution in [3.8, 4) is 5.88 Å². The Morgan fingerprint density at radius 2 is 1.89 bits per heavy atom. The van der Waals surface area contributed by atoms with E-state index in [1.54, 1.807) is 12.1 Å². The van der Waals surface area contributed by atoms with Gasteiger partial charge in [0.1, 0.15) is 0 Å². The lowest BCUT2D eigenvalue weighted by Gasteiger charge is -2.17. The van der Waals surface area contributed by atoms with Crippen molar-refractivity contribution in [2.45, 2.75) is 12.8 Å². The first-order valence-electron chi connectivity index (χ1n) is 6.60. The zero-order valence-corrected chi connectivity index (χ0v) is 11.0. The number of methoxy groups -OCH3 is 1. The molecule has 0 saturated carbocycles. The normalized spacial score (nSPS) is 25.2. The predicted octanol–water partition coefficient (Wildman–Crippen LogP) is 1.52. The quantitative estimate of drug-likeness (QED) is 0.756. The number of fused-ring (bicyclic) bond motifs is 1. The van der Waals surface area contributed by atoms with E-state index in [-0.39, 0.29) is 5.91 Å². The topological polar surface area (TPSA) is 55.3 Å². The predicted molar refractivity (Wildman–Crippen MR) is 69.8 cm³/mol. The average molecular weight is 259 g/mol. The molecule has 1 fully saturated rings. The van der Waals surface area contributed by atoms with Crippen molar-refractivity contribution in [1.82, 2.24) is 15.1 Å². The van der Waals surface area contributed by atoms with Crippen LogP contribution in [0, 0.1) is 11.8 Å². The fourth-order valence-electron chi connectivity index (χ4n) is 2.89. The van der Waals surface area contributed by atoms with Crippen molar-refractivity contribution >= 4 is 5.91 Å². The highest BCUT2D eigenvalue weighted by Gasteiger charge is 2.35. The number of rotatable bonds is 2. The minimum atomic E-state index is -0.0236. The van der Waals surface area contributed by atoms with Gasteiger partial charge in [-0.1, -0.05) is 12.2 Å². The van der Waals surface area contributed by atoms with Crippen molar-refractivity contribution < 1.29 is 9.53 Å². The van der Waals surface area contributed by atoms with Crippen molar-refractivity contribution in [1.29, 1.82) is 0 Å². The molecule has 100 valence electrons. The zero-order chi connectivity index (χ0) is 13.2. The van der Waals surface area contributed by atoms with E-state index in [0.29, 0.717) is 23.4 Å². The Morgan fingerprint density at radius 3 is 2.42 bits per heavy atom. The molecule has 0 spiro atoms. The van der Waals surface area contributed by atoms with Gasteiger partial charge in [0.05, 0.1) is 7.11 Å². The van der Waals surface area contributed by atoms with Gasteiger partial charge < -0.3 is 9.64 Å². The third kappa shape index (κ3) is 2.32. The number of nitrogens with zero attached hydrogens (tertiary/aromatic N) is 3. The number of carbonyl (C=O) groups excluding carboxylic acids is 1. The number of likely N-dealkylation sites (tertiary alicyclic amines) is 1. The van der Waals surface area contributed by atoms with Gasteiger partial charge in [-0.2, -0.15) is 0 Å². The van der Waals surface area contributed by atoms with E-state index in [1.807, 2.05) is 4.90 Å². The summed E-state index contributed by atoms with van der Waals surface area (Å²) >= 11 is 0. The van der Waals surface area contributed by atoms with Gasteiger partial charge >= 0.3 is 0 Å². The first-order valence-corrected chi connectivity index (χ1v) is 6.60. The number of ether oxygens (including phenoxy) is 1. The van der Waals surface area contributed by atoms with Crippen LogP contribution >= 0.6 is 0 Å². The van der Waals surface area contributed by atoms with Crippen LogP contribution < -0.4 is 4.74 Å². The molecule has 1 aliphatic carbocycles. The molecule has 2 aliphatic rings. The molecule has 19 heavy (non-hydrogen) atoms. The van der Waals surface area contributed by atoms with Gasteiger partial charge in [0, 0.05) is 19.2 Å². The SMILES string of the molecule is COc1ccc(C(=O)N2CC3CC=CCC3C2)nn1. The fourth-order valence-corrected chi connectivity index (χ4v) is 2.89. The Kier molecular flexibility index (Phi) is 3.19. The summed E-state index contributed by atoms with van der Waals surface area (Å²) < 4.78 is 4.94. The van der Waals surface area contributed by atoms with Crippen LogP contribution in [0.5, 0.6) is 5.88 Å². The Balaban J connectivity index is 1.70. The standard InChI is InChI=1S/C14H17N3O2/c1-19-13-7-6-12(15-16-13)14(18)17-8-10-4-2-3-5-11(10)9-17/h2-3,6-7,10-11H,4-5,8-9H2,1H3. The van der Waals surface area contributed by atoms with Crippen LogP contribution in [0.4, 0.5) is 0 Å². The van der Waals surface area contributed by atoms with E-state index < -0.39 is 0 Å². The molecule has 5 nitrogen and oxygen atoms in total. The summed E-state index contributed by atoms with van der Waals surface area (Å²) in [5.41, 5.74) is 0.396. The molecule has 2 heterocycles. The van der Waals surface area contributed by atoms with Gasteiger partial charge in [-0.05, 0) is 30.7 Å². The summed E-state index contributed by atoms with van der Waals surface area (Å²) in [5.74, 6) is 1.63. The molecule has 0 N–H and O–H groups in total. The van der Waals surface area contributed by atoms with Gasteiger partial charge in [0.2, 0.25) is 5.88 Å². The number of amides is 1. The van der Waals surface area contributed by atoms with Crippen LogP contribution in [0.15, 0.2) is 24.3 Å². The number of hydrogen-bond donors (Lipinski definition) is 0. The maximum atomic E-state index is 12.4. The molecule has 0 aromatic carbocycles. The number of carbonyl (C=O) groups is 1. The van der Waals surface area contributed by atoms with Crippen molar-refractivity contribution in [3.63, 3.8) is 0 Å². The summed E-state index contributed by atoms with van der Waals surface area (Å²) in [7, 11) is 1.53. The molecule has 0 bridgehead atoms. The summed E-state index contributed by atoms with van der Waals surface area (Å²) in [4.78, 5) is 14.3. The second-order valence-electron chi connectivity index (χ2n) is 5.13. The Hall–Kier alpha value is -1.91.